The third kappa shape index (κ3) is 4.66. The first-order valence-electron chi connectivity index (χ1n) is 10.8. The number of thioether (sulfide) groups is 1. The van der Waals surface area contributed by atoms with Gasteiger partial charge in [0, 0.05) is 23.0 Å². The molecule has 0 unspecified atom stereocenters. The molecule has 3 aromatic heterocycles. The van der Waals surface area contributed by atoms with E-state index in [1.807, 2.05) is 0 Å². The number of anilines is 1. The molecule has 0 spiro atoms. The predicted octanol–water partition coefficient (Wildman–Crippen LogP) is 4.34. The van der Waals surface area contributed by atoms with Crippen molar-refractivity contribution < 1.29 is 4.79 Å². The fraction of sp³-hybridized carbons (Fsp3) is 0.364. The van der Waals surface area contributed by atoms with E-state index < -0.39 is 0 Å². The fourth-order valence-corrected chi connectivity index (χ4v) is 5.76. The number of H-pyrrole nitrogens is 2. The molecule has 10 heteroatoms. The number of aromatic amines is 2. The minimum absolute atomic E-state index is 0.120. The normalized spacial score (nSPS) is 14.8. The molecule has 1 fully saturated rings. The molecular formula is C22H24N6O2S2. The second-order valence-electron chi connectivity index (χ2n) is 7.99. The first kappa shape index (κ1) is 21.0. The molecule has 1 aliphatic carbocycles. The van der Waals surface area contributed by atoms with Gasteiger partial charge in [-0.3, -0.25) is 4.79 Å². The standard InChI is InChI=1S/C22H24N6O2S2/c29-20(23-14-8-9-17-18(11-14)25-21(30)24-17)13-32-22-27-26-19(12-16-7-4-10-31-16)28(22)15-5-2-1-3-6-15/h4,7-11,15H,1-3,5-6,12-13H2,(H,23,29)(H2,24,25,30). The van der Waals surface area contributed by atoms with Gasteiger partial charge in [0.15, 0.2) is 5.16 Å². The van der Waals surface area contributed by atoms with Crippen molar-refractivity contribution in [2.45, 2.75) is 49.7 Å². The van der Waals surface area contributed by atoms with Crippen LogP contribution in [0.15, 0.2) is 45.7 Å². The number of carbonyl (C=O) groups is 1. The number of rotatable bonds is 7. The number of nitrogens with zero attached hydrogens (tertiary/aromatic N) is 3. The molecule has 1 aliphatic rings. The van der Waals surface area contributed by atoms with Crippen molar-refractivity contribution in [1.82, 2.24) is 24.7 Å². The third-order valence-electron chi connectivity index (χ3n) is 5.72. The Morgan fingerprint density at radius 1 is 1.16 bits per heavy atom. The van der Waals surface area contributed by atoms with Crippen LogP contribution in [0.25, 0.3) is 11.0 Å². The Morgan fingerprint density at radius 3 is 2.81 bits per heavy atom. The average molecular weight is 469 g/mol. The highest BCUT2D eigenvalue weighted by atomic mass is 32.2. The molecule has 0 saturated heterocycles. The van der Waals surface area contributed by atoms with Crippen LogP contribution in [0.4, 0.5) is 5.69 Å². The van der Waals surface area contributed by atoms with E-state index in [9.17, 15) is 9.59 Å². The summed E-state index contributed by atoms with van der Waals surface area (Å²) < 4.78 is 2.27. The molecule has 1 aromatic carbocycles. The lowest BCUT2D eigenvalue weighted by Gasteiger charge is -2.25. The molecule has 4 aromatic rings. The molecule has 166 valence electrons. The zero-order valence-electron chi connectivity index (χ0n) is 17.5. The monoisotopic (exact) mass is 468 g/mol. The van der Waals surface area contributed by atoms with E-state index in [0.29, 0.717) is 22.8 Å². The highest BCUT2D eigenvalue weighted by Crippen LogP contribution is 2.33. The Morgan fingerprint density at radius 2 is 2.00 bits per heavy atom. The van der Waals surface area contributed by atoms with Crippen LogP contribution in [-0.2, 0) is 11.2 Å². The third-order valence-corrected chi connectivity index (χ3v) is 7.54. The molecule has 0 radical (unpaired) electrons. The maximum absolute atomic E-state index is 12.6. The first-order chi connectivity index (χ1) is 15.7. The Labute approximate surface area is 192 Å². The van der Waals surface area contributed by atoms with Crippen LogP contribution in [0, 0.1) is 0 Å². The number of hydrogen-bond acceptors (Lipinski definition) is 6. The summed E-state index contributed by atoms with van der Waals surface area (Å²) in [6, 6.07) is 9.87. The molecule has 0 aliphatic heterocycles. The van der Waals surface area contributed by atoms with Crippen molar-refractivity contribution in [1.29, 1.82) is 0 Å². The summed E-state index contributed by atoms with van der Waals surface area (Å²) in [6.45, 7) is 0. The molecule has 0 bridgehead atoms. The summed E-state index contributed by atoms with van der Waals surface area (Å²) in [7, 11) is 0. The zero-order chi connectivity index (χ0) is 21.9. The summed E-state index contributed by atoms with van der Waals surface area (Å²) in [4.78, 5) is 30.7. The van der Waals surface area contributed by atoms with Crippen molar-refractivity contribution in [2.75, 3.05) is 11.1 Å². The van der Waals surface area contributed by atoms with Crippen LogP contribution >= 0.6 is 23.1 Å². The minimum Gasteiger partial charge on any atom is -0.325 e. The van der Waals surface area contributed by atoms with E-state index in [4.69, 9.17) is 0 Å². The average Bonchev–Trinajstić information content (AvgIpc) is 3.52. The molecule has 3 N–H and O–H groups in total. The van der Waals surface area contributed by atoms with Crippen LogP contribution in [0.2, 0.25) is 0 Å². The van der Waals surface area contributed by atoms with Gasteiger partial charge >= 0.3 is 5.69 Å². The molecule has 1 saturated carbocycles. The number of carbonyl (C=O) groups excluding carboxylic acids is 1. The molecule has 0 atom stereocenters. The number of imidazole rings is 1. The summed E-state index contributed by atoms with van der Waals surface area (Å²) in [5.74, 6) is 1.10. The van der Waals surface area contributed by atoms with E-state index in [1.165, 1.54) is 35.9 Å². The number of amides is 1. The molecular weight excluding hydrogens is 444 g/mol. The fourth-order valence-electron chi connectivity index (χ4n) is 4.24. The van der Waals surface area contributed by atoms with Gasteiger partial charge in [-0.25, -0.2) is 4.79 Å². The lowest BCUT2D eigenvalue weighted by atomic mass is 9.95. The molecule has 8 nitrogen and oxygen atoms in total. The van der Waals surface area contributed by atoms with Gasteiger partial charge < -0.3 is 19.9 Å². The van der Waals surface area contributed by atoms with Crippen LogP contribution in [0.1, 0.15) is 48.8 Å². The maximum atomic E-state index is 12.6. The molecule has 3 heterocycles. The zero-order valence-corrected chi connectivity index (χ0v) is 19.1. The van der Waals surface area contributed by atoms with Gasteiger partial charge in [0.05, 0.1) is 16.8 Å². The van der Waals surface area contributed by atoms with Crippen LogP contribution in [0.3, 0.4) is 0 Å². The SMILES string of the molecule is O=C(CSc1nnc(Cc2cccs2)n1C1CCCCC1)Nc1ccc2[nH]c(=O)[nH]c2c1. The molecule has 32 heavy (non-hydrogen) atoms. The summed E-state index contributed by atoms with van der Waals surface area (Å²) in [6.07, 6.45) is 6.74. The highest BCUT2D eigenvalue weighted by Gasteiger charge is 2.23. The topological polar surface area (TPSA) is 108 Å². The summed E-state index contributed by atoms with van der Waals surface area (Å²) >= 11 is 3.15. The van der Waals surface area contributed by atoms with Crippen LogP contribution < -0.4 is 11.0 Å². The second-order valence-corrected chi connectivity index (χ2v) is 9.97. The van der Waals surface area contributed by atoms with Crippen molar-refractivity contribution in [2.24, 2.45) is 0 Å². The number of thiophene rings is 1. The lowest BCUT2D eigenvalue weighted by molar-refractivity contribution is -0.113. The maximum Gasteiger partial charge on any atom is 0.323 e. The summed E-state index contributed by atoms with van der Waals surface area (Å²) in [5, 5.41) is 14.7. The second kappa shape index (κ2) is 9.33. The van der Waals surface area contributed by atoms with Crippen molar-refractivity contribution in [3.8, 4) is 0 Å². The van der Waals surface area contributed by atoms with Gasteiger partial charge in [-0.05, 0) is 42.5 Å². The number of aromatic nitrogens is 5. The smallest absolute Gasteiger partial charge is 0.323 e. The van der Waals surface area contributed by atoms with Crippen molar-refractivity contribution >= 4 is 45.7 Å². The van der Waals surface area contributed by atoms with Gasteiger partial charge in [-0.1, -0.05) is 37.1 Å². The molecule has 1 amide bonds. The van der Waals surface area contributed by atoms with Gasteiger partial charge in [-0.2, -0.15) is 0 Å². The van der Waals surface area contributed by atoms with Gasteiger partial charge in [-0.15, -0.1) is 21.5 Å². The van der Waals surface area contributed by atoms with E-state index in [0.717, 1.165) is 30.2 Å². The van der Waals surface area contributed by atoms with Gasteiger partial charge in [0.1, 0.15) is 5.82 Å². The lowest BCUT2D eigenvalue weighted by Crippen LogP contribution is -2.18. The number of nitrogens with one attached hydrogen (secondary N) is 3. The van der Waals surface area contributed by atoms with E-state index in [2.05, 4.69) is 47.6 Å². The summed E-state index contributed by atoms with van der Waals surface area (Å²) in [5.41, 5.74) is 1.75. The Balaban J connectivity index is 1.29. The largest absolute Gasteiger partial charge is 0.325 e. The Hall–Kier alpha value is -2.85. The predicted molar refractivity (Wildman–Crippen MR) is 128 cm³/mol. The number of benzene rings is 1. The number of fused-ring (bicyclic) bond motifs is 1. The van der Waals surface area contributed by atoms with E-state index in [1.54, 1.807) is 29.5 Å². The van der Waals surface area contributed by atoms with E-state index in [-0.39, 0.29) is 17.3 Å². The highest BCUT2D eigenvalue weighted by molar-refractivity contribution is 7.99. The van der Waals surface area contributed by atoms with Gasteiger partial charge in [0.2, 0.25) is 5.91 Å². The van der Waals surface area contributed by atoms with E-state index >= 15 is 0 Å². The minimum atomic E-state index is -0.264. The number of hydrogen-bond donors (Lipinski definition) is 3. The van der Waals surface area contributed by atoms with Crippen LogP contribution in [0.5, 0.6) is 0 Å². The van der Waals surface area contributed by atoms with Crippen molar-refractivity contribution in [3.63, 3.8) is 0 Å². The van der Waals surface area contributed by atoms with Crippen LogP contribution in [-0.4, -0.2) is 36.4 Å². The molecule has 5 rings (SSSR count). The Bertz CT molecular complexity index is 1270. The quantitative estimate of drug-likeness (QED) is 0.350. The first-order valence-corrected chi connectivity index (χ1v) is 12.6. The van der Waals surface area contributed by atoms with Gasteiger partial charge in [0.25, 0.3) is 0 Å². The Kier molecular flexibility index (Phi) is 6.13. The van der Waals surface area contributed by atoms with Crippen molar-refractivity contribution in [3.05, 3.63) is 56.9 Å².